The van der Waals surface area contributed by atoms with E-state index in [0.717, 1.165) is 22.9 Å². The van der Waals surface area contributed by atoms with Gasteiger partial charge in [0.1, 0.15) is 0 Å². The minimum absolute atomic E-state index is 0.0228. The van der Waals surface area contributed by atoms with E-state index in [4.69, 9.17) is 0 Å². The highest BCUT2D eigenvalue weighted by molar-refractivity contribution is 9.10. The largest absolute Gasteiger partial charge is 0.348 e. The Morgan fingerprint density at radius 2 is 1.78 bits per heavy atom. The zero-order chi connectivity index (χ0) is 13.0. The average Bonchev–Trinajstić information content (AvgIpc) is 2.40. The second-order valence-electron chi connectivity index (χ2n) is 4.77. The van der Waals surface area contributed by atoms with E-state index in [0.29, 0.717) is 6.04 Å². The molecule has 2 N–H and O–H groups in total. The van der Waals surface area contributed by atoms with Gasteiger partial charge in [0, 0.05) is 22.1 Å². The fourth-order valence-electron chi connectivity index (χ4n) is 2.50. The molecule has 0 saturated heterocycles. The fourth-order valence-corrected chi connectivity index (χ4v) is 2.77. The summed E-state index contributed by atoms with van der Waals surface area (Å²) in [4.78, 5) is 12.1. The number of hydrogen-bond acceptors (Lipinski definition) is 2. The molecule has 1 aromatic rings. The van der Waals surface area contributed by atoms with Gasteiger partial charge in [0.05, 0.1) is 0 Å². The van der Waals surface area contributed by atoms with Gasteiger partial charge in [-0.25, -0.2) is 0 Å². The van der Waals surface area contributed by atoms with Crippen LogP contribution in [0.1, 0.15) is 36.0 Å². The van der Waals surface area contributed by atoms with Gasteiger partial charge in [-0.05, 0) is 44.2 Å². The summed E-state index contributed by atoms with van der Waals surface area (Å²) in [5.74, 6) is 0.0228. The number of likely N-dealkylation sites (N-methyl/N-ethyl adjacent to an activating group) is 1. The highest BCUT2D eigenvalue weighted by Crippen LogP contribution is 2.19. The average molecular weight is 311 g/mol. The van der Waals surface area contributed by atoms with Crippen molar-refractivity contribution < 1.29 is 4.79 Å². The predicted molar refractivity (Wildman–Crippen MR) is 76.7 cm³/mol. The van der Waals surface area contributed by atoms with Crippen molar-refractivity contribution in [3.05, 3.63) is 34.3 Å². The van der Waals surface area contributed by atoms with Crippen molar-refractivity contribution in [2.24, 2.45) is 0 Å². The van der Waals surface area contributed by atoms with Gasteiger partial charge in [-0.2, -0.15) is 0 Å². The van der Waals surface area contributed by atoms with E-state index in [1.165, 1.54) is 12.8 Å². The Morgan fingerprint density at radius 3 is 2.39 bits per heavy atom. The number of hydrogen-bond donors (Lipinski definition) is 2. The second-order valence-corrected chi connectivity index (χ2v) is 5.68. The summed E-state index contributed by atoms with van der Waals surface area (Å²) in [5.41, 5.74) is 0.721. The second kappa shape index (κ2) is 6.34. The Bertz CT molecular complexity index is 405. The lowest BCUT2D eigenvalue weighted by Crippen LogP contribution is -2.50. The lowest BCUT2D eigenvalue weighted by Gasteiger charge is -2.31. The van der Waals surface area contributed by atoms with Gasteiger partial charge in [0.15, 0.2) is 0 Å². The van der Waals surface area contributed by atoms with Gasteiger partial charge in [0.2, 0.25) is 0 Å². The first-order valence-corrected chi connectivity index (χ1v) is 7.23. The van der Waals surface area contributed by atoms with Crippen LogP contribution in [-0.4, -0.2) is 25.0 Å². The molecule has 0 aromatic heterocycles. The monoisotopic (exact) mass is 310 g/mol. The first kappa shape index (κ1) is 13.6. The molecule has 3 nitrogen and oxygen atoms in total. The summed E-state index contributed by atoms with van der Waals surface area (Å²) < 4.78 is 0.991. The van der Waals surface area contributed by atoms with E-state index < -0.39 is 0 Å². The number of benzene rings is 1. The third-order valence-corrected chi connectivity index (χ3v) is 4.09. The maximum Gasteiger partial charge on any atom is 0.251 e. The highest BCUT2D eigenvalue weighted by atomic mass is 79.9. The molecule has 0 heterocycles. The zero-order valence-corrected chi connectivity index (χ0v) is 12.2. The lowest BCUT2D eigenvalue weighted by molar-refractivity contribution is 0.0916. The van der Waals surface area contributed by atoms with Crippen molar-refractivity contribution in [2.75, 3.05) is 7.05 Å². The van der Waals surface area contributed by atoms with Crippen molar-refractivity contribution in [2.45, 2.75) is 37.8 Å². The Kier molecular flexibility index (Phi) is 4.78. The van der Waals surface area contributed by atoms with E-state index in [2.05, 4.69) is 26.6 Å². The van der Waals surface area contributed by atoms with Crippen molar-refractivity contribution in [3.8, 4) is 0 Å². The van der Waals surface area contributed by atoms with Gasteiger partial charge < -0.3 is 10.6 Å². The van der Waals surface area contributed by atoms with Crippen LogP contribution < -0.4 is 10.6 Å². The molecule has 2 atom stereocenters. The Morgan fingerprint density at radius 1 is 1.17 bits per heavy atom. The summed E-state index contributed by atoms with van der Waals surface area (Å²) in [6, 6.07) is 8.13. The van der Waals surface area contributed by atoms with Gasteiger partial charge in [-0.3, -0.25) is 4.79 Å². The van der Waals surface area contributed by atoms with Crippen LogP contribution in [0.25, 0.3) is 0 Å². The maximum absolute atomic E-state index is 12.1. The maximum atomic E-state index is 12.1. The molecule has 0 unspecified atom stereocenters. The van der Waals surface area contributed by atoms with Crippen LogP contribution in [0.3, 0.4) is 0 Å². The molecule has 0 aliphatic heterocycles. The van der Waals surface area contributed by atoms with Crippen molar-refractivity contribution >= 4 is 21.8 Å². The van der Waals surface area contributed by atoms with Crippen LogP contribution in [0.4, 0.5) is 0 Å². The molecule has 1 amide bonds. The molecule has 1 saturated carbocycles. The first-order chi connectivity index (χ1) is 8.70. The SMILES string of the molecule is CN[C@@H]1CCCC[C@H]1NC(=O)c1ccc(Br)cc1. The van der Waals surface area contributed by atoms with E-state index >= 15 is 0 Å². The van der Waals surface area contributed by atoms with Gasteiger partial charge in [0.25, 0.3) is 5.91 Å². The van der Waals surface area contributed by atoms with Gasteiger partial charge in [-0.15, -0.1) is 0 Å². The molecule has 2 rings (SSSR count). The molecule has 1 aliphatic rings. The standard InChI is InChI=1S/C14H19BrN2O/c1-16-12-4-2-3-5-13(12)17-14(18)10-6-8-11(15)9-7-10/h6-9,12-13,16H,2-5H2,1H3,(H,17,18)/t12-,13-/m1/s1. The van der Waals surface area contributed by atoms with Crippen molar-refractivity contribution in [1.82, 2.24) is 10.6 Å². The molecular weight excluding hydrogens is 292 g/mol. The molecule has 0 bridgehead atoms. The molecule has 1 fully saturated rings. The summed E-state index contributed by atoms with van der Waals surface area (Å²) in [6.07, 6.45) is 4.65. The number of halogens is 1. The quantitative estimate of drug-likeness (QED) is 0.901. The molecule has 1 aromatic carbocycles. The fraction of sp³-hybridized carbons (Fsp3) is 0.500. The number of amides is 1. The van der Waals surface area contributed by atoms with E-state index in [9.17, 15) is 4.79 Å². The summed E-state index contributed by atoms with van der Waals surface area (Å²) in [6.45, 7) is 0. The molecule has 0 spiro atoms. The third kappa shape index (κ3) is 3.33. The Labute approximate surface area is 116 Å². The Balaban J connectivity index is 1.99. The predicted octanol–water partition coefficient (Wildman–Crippen LogP) is 2.71. The van der Waals surface area contributed by atoms with Crippen LogP contribution in [-0.2, 0) is 0 Å². The Hall–Kier alpha value is -0.870. The molecule has 1 aliphatic carbocycles. The number of carbonyl (C=O) groups excluding carboxylic acids is 1. The molecule has 4 heteroatoms. The van der Waals surface area contributed by atoms with Crippen LogP contribution in [0.5, 0.6) is 0 Å². The van der Waals surface area contributed by atoms with Crippen LogP contribution in [0, 0.1) is 0 Å². The highest BCUT2D eigenvalue weighted by Gasteiger charge is 2.25. The van der Waals surface area contributed by atoms with Crippen molar-refractivity contribution in [3.63, 3.8) is 0 Å². The lowest BCUT2D eigenvalue weighted by atomic mass is 9.90. The zero-order valence-electron chi connectivity index (χ0n) is 10.6. The molecule has 0 radical (unpaired) electrons. The van der Waals surface area contributed by atoms with Crippen LogP contribution in [0.2, 0.25) is 0 Å². The number of carbonyl (C=O) groups is 1. The molecular formula is C14H19BrN2O. The van der Waals surface area contributed by atoms with E-state index in [1.807, 2.05) is 31.3 Å². The minimum Gasteiger partial charge on any atom is -0.348 e. The summed E-state index contributed by atoms with van der Waals surface area (Å²) >= 11 is 3.37. The number of rotatable bonds is 3. The van der Waals surface area contributed by atoms with Gasteiger partial charge in [-0.1, -0.05) is 28.8 Å². The smallest absolute Gasteiger partial charge is 0.251 e. The summed E-state index contributed by atoms with van der Waals surface area (Å²) in [5, 5.41) is 6.44. The normalized spacial score (nSPS) is 23.7. The topological polar surface area (TPSA) is 41.1 Å². The van der Waals surface area contributed by atoms with Gasteiger partial charge >= 0.3 is 0 Å². The van der Waals surface area contributed by atoms with Crippen LogP contribution >= 0.6 is 15.9 Å². The van der Waals surface area contributed by atoms with Crippen LogP contribution in [0.15, 0.2) is 28.7 Å². The molecule has 98 valence electrons. The van der Waals surface area contributed by atoms with E-state index in [1.54, 1.807) is 0 Å². The molecule has 18 heavy (non-hydrogen) atoms. The van der Waals surface area contributed by atoms with E-state index in [-0.39, 0.29) is 11.9 Å². The number of nitrogens with one attached hydrogen (secondary N) is 2. The minimum atomic E-state index is 0.0228. The first-order valence-electron chi connectivity index (χ1n) is 6.44. The van der Waals surface area contributed by atoms with Crippen molar-refractivity contribution in [1.29, 1.82) is 0 Å². The third-order valence-electron chi connectivity index (χ3n) is 3.56. The summed E-state index contributed by atoms with van der Waals surface area (Å²) in [7, 11) is 1.97.